The van der Waals surface area contributed by atoms with Crippen LogP contribution in [0.5, 0.6) is 0 Å². The van der Waals surface area contributed by atoms with Gasteiger partial charge in [0.1, 0.15) is 0 Å². The molecule has 0 aliphatic heterocycles. The van der Waals surface area contributed by atoms with Gasteiger partial charge in [-0.3, -0.25) is 0 Å². The number of hydrogen-bond donors (Lipinski definition) is 0. The fourth-order valence-corrected chi connectivity index (χ4v) is 4.68. The summed E-state index contributed by atoms with van der Waals surface area (Å²) in [5.41, 5.74) is 3.45. The Hall–Kier alpha value is -1.74. The Morgan fingerprint density at radius 1 is 0.800 bits per heavy atom. The zero-order valence-corrected chi connectivity index (χ0v) is 18.5. The number of aryl methyl sites for hydroxylation is 1. The summed E-state index contributed by atoms with van der Waals surface area (Å²) in [5, 5.41) is 0. The van der Waals surface area contributed by atoms with Gasteiger partial charge >= 0.3 is 6.11 Å². The highest BCUT2D eigenvalue weighted by atomic mass is 19.3. The van der Waals surface area contributed by atoms with E-state index >= 15 is 0 Å². The lowest BCUT2D eigenvalue weighted by Crippen LogP contribution is -2.20. The summed E-state index contributed by atoms with van der Waals surface area (Å²) in [4.78, 5) is 0. The first-order valence-electron chi connectivity index (χ1n) is 11.7. The Morgan fingerprint density at radius 2 is 1.40 bits per heavy atom. The minimum absolute atomic E-state index is 0.00329. The molecule has 2 aromatic carbocycles. The first kappa shape index (κ1) is 22.9. The highest BCUT2D eigenvalue weighted by molar-refractivity contribution is 5.28. The maximum Gasteiger partial charge on any atom is 0.383 e. The van der Waals surface area contributed by atoms with Crippen molar-refractivity contribution in [3.05, 3.63) is 70.8 Å². The van der Waals surface area contributed by atoms with E-state index in [1.807, 2.05) is 24.3 Å². The summed E-state index contributed by atoms with van der Waals surface area (Å²) in [7, 11) is 0. The predicted molar refractivity (Wildman–Crippen MR) is 120 cm³/mol. The van der Waals surface area contributed by atoms with Crippen molar-refractivity contribution >= 4 is 0 Å². The van der Waals surface area contributed by atoms with Gasteiger partial charge < -0.3 is 4.74 Å². The largest absolute Gasteiger partial charge is 0.383 e. The molecule has 30 heavy (non-hydrogen) atoms. The zero-order valence-electron chi connectivity index (χ0n) is 18.5. The number of hydrogen-bond acceptors (Lipinski definition) is 1. The first-order chi connectivity index (χ1) is 14.5. The van der Waals surface area contributed by atoms with Crippen molar-refractivity contribution in [1.82, 2.24) is 0 Å². The van der Waals surface area contributed by atoms with Crippen LogP contribution in [0.1, 0.15) is 87.0 Å². The van der Waals surface area contributed by atoms with Crippen LogP contribution in [0.2, 0.25) is 0 Å². The average molecular weight is 415 g/mol. The molecule has 3 heteroatoms. The van der Waals surface area contributed by atoms with Crippen molar-refractivity contribution in [1.29, 1.82) is 0 Å². The van der Waals surface area contributed by atoms with Gasteiger partial charge in [0, 0.05) is 0 Å². The maximum atomic E-state index is 14.5. The van der Waals surface area contributed by atoms with Gasteiger partial charge in [-0.2, -0.15) is 8.78 Å². The van der Waals surface area contributed by atoms with Gasteiger partial charge in [-0.15, -0.1) is 0 Å². The number of rotatable bonds is 10. The Balaban J connectivity index is 1.49. The van der Waals surface area contributed by atoms with E-state index < -0.39 is 6.11 Å². The molecule has 0 bridgehead atoms. The van der Waals surface area contributed by atoms with Gasteiger partial charge in [0.25, 0.3) is 0 Å². The summed E-state index contributed by atoms with van der Waals surface area (Å²) < 4.78 is 34.0. The Labute approximate surface area is 180 Å². The van der Waals surface area contributed by atoms with Crippen molar-refractivity contribution < 1.29 is 13.5 Å². The van der Waals surface area contributed by atoms with E-state index in [0.717, 1.165) is 24.3 Å². The van der Waals surface area contributed by atoms with E-state index in [9.17, 15) is 8.78 Å². The summed E-state index contributed by atoms with van der Waals surface area (Å²) in [6.07, 6.45) is 6.83. The number of ether oxygens (including phenoxy) is 1. The van der Waals surface area contributed by atoms with Crippen LogP contribution in [-0.4, -0.2) is 6.61 Å². The van der Waals surface area contributed by atoms with Gasteiger partial charge in [-0.1, -0.05) is 81.6 Å². The molecule has 0 heterocycles. The van der Waals surface area contributed by atoms with Crippen LogP contribution >= 0.6 is 0 Å². The van der Waals surface area contributed by atoms with Crippen LogP contribution < -0.4 is 0 Å². The van der Waals surface area contributed by atoms with Crippen LogP contribution in [0.15, 0.2) is 48.5 Å². The first-order valence-corrected chi connectivity index (χ1v) is 11.7. The molecule has 0 saturated heterocycles. The van der Waals surface area contributed by atoms with Gasteiger partial charge in [0.2, 0.25) is 0 Å². The molecule has 0 N–H and O–H groups in total. The van der Waals surface area contributed by atoms with Crippen LogP contribution in [0.4, 0.5) is 8.78 Å². The van der Waals surface area contributed by atoms with Gasteiger partial charge in [-0.05, 0) is 67.1 Å². The fraction of sp³-hybridized carbons (Fsp3) is 0.556. The van der Waals surface area contributed by atoms with Crippen LogP contribution in [-0.2, 0) is 23.7 Å². The molecule has 1 nitrogen and oxygen atoms in total. The second kappa shape index (κ2) is 11.0. The minimum Gasteiger partial charge on any atom is -0.316 e. The molecule has 1 aliphatic carbocycles. The third-order valence-corrected chi connectivity index (χ3v) is 6.50. The standard InChI is InChI=1S/C27H36F2O/c1-3-5-21-7-9-23(10-8-21)19-20-30-27(28,29)26-17-15-25(16-18-26)24-13-11-22(6-4-2)12-14-24/h7-10,15-18,22,24H,3-6,11-14,19-20H2,1-2H3/t22-,24-. The summed E-state index contributed by atoms with van der Waals surface area (Å²) in [6.45, 7) is 4.40. The summed E-state index contributed by atoms with van der Waals surface area (Å²) >= 11 is 0. The van der Waals surface area contributed by atoms with E-state index in [-0.39, 0.29) is 12.2 Å². The Bertz CT molecular complexity index is 743. The number of benzene rings is 2. The molecule has 0 aromatic heterocycles. The molecular formula is C27H36F2O. The smallest absolute Gasteiger partial charge is 0.316 e. The highest BCUT2D eigenvalue weighted by Crippen LogP contribution is 2.38. The van der Waals surface area contributed by atoms with Crippen molar-refractivity contribution in [3.8, 4) is 0 Å². The molecule has 0 spiro atoms. The molecule has 0 unspecified atom stereocenters. The van der Waals surface area contributed by atoms with E-state index in [4.69, 9.17) is 4.74 Å². The summed E-state index contributed by atoms with van der Waals surface area (Å²) in [5.74, 6) is 1.36. The van der Waals surface area contributed by atoms with Crippen molar-refractivity contribution in [3.63, 3.8) is 0 Å². The third kappa shape index (κ3) is 6.38. The lowest BCUT2D eigenvalue weighted by atomic mass is 9.77. The lowest BCUT2D eigenvalue weighted by molar-refractivity contribution is -0.248. The van der Waals surface area contributed by atoms with Crippen LogP contribution in [0.25, 0.3) is 0 Å². The Morgan fingerprint density at radius 3 is 1.97 bits per heavy atom. The molecule has 1 fully saturated rings. The molecular weight excluding hydrogens is 378 g/mol. The van der Waals surface area contributed by atoms with Gasteiger partial charge in [0.05, 0.1) is 12.2 Å². The van der Waals surface area contributed by atoms with E-state index in [1.54, 1.807) is 12.1 Å². The molecule has 1 aliphatic rings. The molecule has 1 saturated carbocycles. The average Bonchev–Trinajstić information content (AvgIpc) is 2.76. The van der Waals surface area contributed by atoms with Gasteiger partial charge in [-0.25, -0.2) is 0 Å². The van der Waals surface area contributed by atoms with E-state index in [1.165, 1.54) is 49.7 Å². The van der Waals surface area contributed by atoms with Gasteiger partial charge in [0.15, 0.2) is 0 Å². The van der Waals surface area contributed by atoms with E-state index in [0.29, 0.717) is 12.3 Å². The molecule has 3 rings (SSSR count). The number of halogens is 2. The maximum absolute atomic E-state index is 14.5. The molecule has 0 radical (unpaired) electrons. The molecule has 0 atom stereocenters. The van der Waals surface area contributed by atoms with Crippen molar-refractivity contribution in [2.45, 2.75) is 83.7 Å². The number of alkyl halides is 2. The molecule has 2 aromatic rings. The molecule has 164 valence electrons. The normalized spacial score (nSPS) is 19.7. The second-order valence-electron chi connectivity index (χ2n) is 8.81. The lowest BCUT2D eigenvalue weighted by Gasteiger charge is -2.29. The summed E-state index contributed by atoms with van der Waals surface area (Å²) in [6, 6.07) is 15.0. The predicted octanol–water partition coefficient (Wildman–Crippen LogP) is 8.02. The Kier molecular flexibility index (Phi) is 8.44. The third-order valence-electron chi connectivity index (χ3n) is 6.50. The SMILES string of the molecule is CCCc1ccc(CCOC(F)(F)c2ccc([C@H]3CC[C@H](CCC)CC3)cc2)cc1. The van der Waals surface area contributed by atoms with Crippen molar-refractivity contribution in [2.24, 2.45) is 5.92 Å². The van der Waals surface area contributed by atoms with Crippen LogP contribution in [0, 0.1) is 5.92 Å². The van der Waals surface area contributed by atoms with E-state index in [2.05, 4.69) is 26.0 Å². The zero-order chi connectivity index (χ0) is 21.4. The van der Waals surface area contributed by atoms with Crippen molar-refractivity contribution in [2.75, 3.05) is 6.61 Å². The van der Waals surface area contributed by atoms with Crippen LogP contribution in [0.3, 0.4) is 0 Å². The minimum atomic E-state index is -3.25. The monoisotopic (exact) mass is 414 g/mol. The second-order valence-corrected chi connectivity index (χ2v) is 8.81. The quantitative estimate of drug-likeness (QED) is 0.382. The topological polar surface area (TPSA) is 9.23 Å². The highest BCUT2D eigenvalue weighted by Gasteiger charge is 2.33. The fourth-order valence-electron chi connectivity index (χ4n) is 4.68. The molecule has 0 amide bonds.